The second kappa shape index (κ2) is 4.96. The van der Waals surface area contributed by atoms with Crippen molar-refractivity contribution < 1.29 is 5.11 Å². The molecule has 0 aliphatic heterocycles. The topological polar surface area (TPSA) is 62.0 Å². The second-order valence-corrected chi connectivity index (χ2v) is 5.26. The molecule has 3 nitrogen and oxygen atoms in total. The number of nitrogens with two attached hydrogens (primary N) is 1. The maximum absolute atomic E-state index is 10.3. The molecule has 0 spiro atoms. The molecular formula is C15H20N2O. The molecule has 96 valence electrons. The number of nitrogens with one attached hydrogen (secondary N) is 1. The number of hydrogen-bond donors (Lipinski definition) is 3. The molecule has 0 saturated heterocycles. The lowest BCUT2D eigenvalue weighted by Gasteiger charge is -2.24. The number of H-pyrrole nitrogens is 1. The predicted octanol–water partition coefficient (Wildman–Crippen LogP) is 2.33. The summed E-state index contributed by atoms with van der Waals surface area (Å²) in [5.74, 6) is 0. The van der Waals surface area contributed by atoms with E-state index in [1.807, 2.05) is 36.7 Å². The molecule has 0 aliphatic rings. The van der Waals surface area contributed by atoms with E-state index >= 15 is 0 Å². The minimum Gasteiger partial charge on any atom is -0.384 e. The summed E-state index contributed by atoms with van der Waals surface area (Å²) in [5.41, 5.74) is 8.64. The van der Waals surface area contributed by atoms with E-state index in [-0.39, 0.29) is 5.41 Å². The molecule has 2 aromatic rings. The van der Waals surface area contributed by atoms with E-state index < -0.39 is 6.10 Å². The van der Waals surface area contributed by atoms with Gasteiger partial charge in [0.25, 0.3) is 0 Å². The molecule has 0 fully saturated rings. The molecule has 1 heterocycles. The molecule has 4 N–H and O–H groups in total. The lowest BCUT2D eigenvalue weighted by atomic mass is 9.83. The van der Waals surface area contributed by atoms with Crippen LogP contribution in [0.15, 0.2) is 42.7 Å². The Bertz CT molecular complexity index is 503. The minimum atomic E-state index is -0.593. The van der Waals surface area contributed by atoms with E-state index in [0.717, 1.165) is 16.7 Å². The first kappa shape index (κ1) is 12.9. The van der Waals surface area contributed by atoms with E-state index in [4.69, 9.17) is 5.73 Å². The van der Waals surface area contributed by atoms with Crippen LogP contribution in [0.3, 0.4) is 0 Å². The van der Waals surface area contributed by atoms with E-state index in [0.29, 0.717) is 6.54 Å². The first-order valence-electron chi connectivity index (χ1n) is 6.16. The Labute approximate surface area is 108 Å². The summed E-state index contributed by atoms with van der Waals surface area (Å²) < 4.78 is 0. The van der Waals surface area contributed by atoms with Gasteiger partial charge in [0.15, 0.2) is 0 Å². The molecule has 1 aromatic carbocycles. The third-order valence-electron chi connectivity index (χ3n) is 3.43. The summed E-state index contributed by atoms with van der Waals surface area (Å²) in [6.45, 7) is 4.79. The van der Waals surface area contributed by atoms with Crippen molar-refractivity contribution >= 4 is 0 Å². The van der Waals surface area contributed by atoms with E-state index in [2.05, 4.69) is 24.9 Å². The summed E-state index contributed by atoms with van der Waals surface area (Å²) in [4.78, 5) is 2.96. The Morgan fingerprint density at radius 2 is 2.06 bits per heavy atom. The van der Waals surface area contributed by atoms with Gasteiger partial charge in [-0.15, -0.1) is 0 Å². The smallest absolute Gasteiger partial charge is 0.106 e. The molecule has 1 unspecified atom stereocenters. The van der Waals surface area contributed by atoms with Crippen LogP contribution < -0.4 is 5.73 Å². The van der Waals surface area contributed by atoms with Crippen LogP contribution in [-0.2, 0) is 5.41 Å². The van der Waals surface area contributed by atoms with Gasteiger partial charge in [-0.2, -0.15) is 0 Å². The van der Waals surface area contributed by atoms with Gasteiger partial charge in [-0.25, -0.2) is 0 Å². The monoisotopic (exact) mass is 244 g/mol. The highest BCUT2D eigenvalue weighted by atomic mass is 16.3. The van der Waals surface area contributed by atoms with Crippen molar-refractivity contribution in [2.45, 2.75) is 25.4 Å². The van der Waals surface area contributed by atoms with E-state index in [1.165, 1.54) is 0 Å². The summed E-state index contributed by atoms with van der Waals surface area (Å²) in [6.07, 6.45) is 3.03. The van der Waals surface area contributed by atoms with Gasteiger partial charge in [0.05, 0.1) is 0 Å². The fourth-order valence-electron chi connectivity index (χ4n) is 1.95. The zero-order chi connectivity index (χ0) is 13.2. The van der Waals surface area contributed by atoms with E-state index in [1.54, 1.807) is 0 Å². The van der Waals surface area contributed by atoms with Gasteiger partial charge in [0, 0.05) is 29.9 Å². The van der Waals surface area contributed by atoms with Crippen LogP contribution in [0.25, 0.3) is 0 Å². The van der Waals surface area contributed by atoms with Crippen LogP contribution in [0.2, 0.25) is 0 Å². The largest absolute Gasteiger partial charge is 0.384 e. The number of hydrogen-bond acceptors (Lipinski definition) is 2. The van der Waals surface area contributed by atoms with Crippen LogP contribution >= 0.6 is 0 Å². The molecular weight excluding hydrogens is 224 g/mol. The first-order chi connectivity index (χ1) is 8.54. The Kier molecular flexibility index (Phi) is 3.55. The summed E-state index contributed by atoms with van der Waals surface area (Å²) in [6, 6.07) is 9.88. The standard InChI is InChI=1S/C15H20N2O/c1-15(2,10-16)13-5-3-4-11(8-13)14(18)12-6-7-17-9-12/h3-9,14,17-18H,10,16H2,1-2H3. The van der Waals surface area contributed by atoms with Gasteiger partial charge in [-0.3, -0.25) is 0 Å². The quantitative estimate of drug-likeness (QED) is 0.773. The molecule has 1 aromatic heterocycles. The predicted molar refractivity (Wildman–Crippen MR) is 73.4 cm³/mol. The molecule has 0 bridgehead atoms. The maximum atomic E-state index is 10.3. The van der Waals surface area contributed by atoms with Gasteiger partial charge < -0.3 is 15.8 Å². The zero-order valence-corrected chi connectivity index (χ0v) is 10.9. The number of rotatable bonds is 4. The van der Waals surface area contributed by atoms with Crippen molar-refractivity contribution in [1.82, 2.24) is 4.98 Å². The van der Waals surface area contributed by atoms with Gasteiger partial charge in [-0.1, -0.05) is 38.1 Å². The Balaban J connectivity index is 2.33. The number of aromatic amines is 1. The molecule has 18 heavy (non-hydrogen) atoms. The van der Waals surface area contributed by atoms with Crippen LogP contribution in [0.1, 0.15) is 36.6 Å². The molecule has 2 rings (SSSR count). The third kappa shape index (κ3) is 2.47. The van der Waals surface area contributed by atoms with Crippen molar-refractivity contribution in [2.24, 2.45) is 5.73 Å². The molecule has 0 radical (unpaired) electrons. The Hall–Kier alpha value is -1.58. The Morgan fingerprint density at radius 3 is 2.67 bits per heavy atom. The zero-order valence-electron chi connectivity index (χ0n) is 10.9. The highest BCUT2D eigenvalue weighted by Crippen LogP contribution is 2.27. The van der Waals surface area contributed by atoms with E-state index in [9.17, 15) is 5.11 Å². The van der Waals surface area contributed by atoms with Gasteiger partial charge in [0.1, 0.15) is 6.10 Å². The lowest BCUT2D eigenvalue weighted by molar-refractivity contribution is 0.220. The van der Waals surface area contributed by atoms with Crippen LogP contribution in [0, 0.1) is 0 Å². The molecule has 3 heteroatoms. The first-order valence-corrected chi connectivity index (χ1v) is 6.16. The minimum absolute atomic E-state index is 0.0755. The summed E-state index contributed by atoms with van der Waals surface area (Å²) in [5, 5.41) is 10.3. The second-order valence-electron chi connectivity index (χ2n) is 5.26. The van der Waals surface area contributed by atoms with Gasteiger partial charge in [-0.05, 0) is 17.2 Å². The van der Waals surface area contributed by atoms with Gasteiger partial charge >= 0.3 is 0 Å². The van der Waals surface area contributed by atoms with Crippen LogP contribution in [0.4, 0.5) is 0 Å². The number of aromatic nitrogens is 1. The fourth-order valence-corrected chi connectivity index (χ4v) is 1.95. The number of aliphatic hydroxyl groups is 1. The summed E-state index contributed by atoms with van der Waals surface area (Å²) >= 11 is 0. The third-order valence-corrected chi connectivity index (χ3v) is 3.43. The lowest BCUT2D eigenvalue weighted by Crippen LogP contribution is -2.28. The molecule has 1 atom stereocenters. The average molecular weight is 244 g/mol. The fraction of sp³-hybridized carbons (Fsp3) is 0.333. The van der Waals surface area contributed by atoms with Crippen molar-refractivity contribution in [2.75, 3.05) is 6.54 Å². The normalized spacial score (nSPS) is 13.6. The van der Waals surface area contributed by atoms with Crippen LogP contribution in [0.5, 0.6) is 0 Å². The van der Waals surface area contributed by atoms with Gasteiger partial charge in [0.2, 0.25) is 0 Å². The highest BCUT2D eigenvalue weighted by molar-refractivity contribution is 5.34. The molecule has 0 aliphatic carbocycles. The summed E-state index contributed by atoms with van der Waals surface area (Å²) in [7, 11) is 0. The van der Waals surface area contributed by atoms with Crippen molar-refractivity contribution in [1.29, 1.82) is 0 Å². The molecule has 0 saturated carbocycles. The average Bonchev–Trinajstić information content (AvgIpc) is 2.92. The Morgan fingerprint density at radius 1 is 1.28 bits per heavy atom. The van der Waals surface area contributed by atoms with Crippen molar-refractivity contribution in [3.05, 3.63) is 59.4 Å². The SMILES string of the molecule is CC(C)(CN)c1cccc(C(O)c2cc[nH]c2)c1. The maximum Gasteiger partial charge on any atom is 0.106 e. The number of benzene rings is 1. The molecule has 0 amide bonds. The number of aliphatic hydroxyl groups excluding tert-OH is 1. The van der Waals surface area contributed by atoms with Crippen LogP contribution in [-0.4, -0.2) is 16.6 Å². The highest BCUT2D eigenvalue weighted by Gasteiger charge is 2.20. The van der Waals surface area contributed by atoms with Crippen molar-refractivity contribution in [3.8, 4) is 0 Å². The van der Waals surface area contributed by atoms with Crippen molar-refractivity contribution in [3.63, 3.8) is 0 Å².